The average Bonchev–Trinajstić information content (AvgIpc) is 3.37. The predicted octanol–water partition coefficient (Wildman–Crippen LogP) is 20.1. The summed E-state index contributed by atoms with van der Waals surface area (Å²) in [6.45, 7) is 6.40. The quantitative estimate of drug-likeness (QED) is 0.0261. The number of rotatable bonds is 53. The van der Waals surface area contributed by atoms with Crippen LogP contribution in [0.15, 0.2) is 97.2 Å². The van der Waals surface area contributed by atoms with Crippen molar-refractivity contribution in [2.75, 3.05) is 13.2 Å². The first-order valence-corrected chi connectivity index (χ1v) is 29.7. The van der Waals surface area contributed by atoms with E-state index in [0.717, 1.165) is 122 Å². The number of hydrogen-bond acceptors (Lipinski definition) is 6. The van der Waals surface area contributed by atoms with Gasteiger partial charge in [-0.2, -0.15) is 0 Å². The van der Waals surface area contributed by atoms with Crippen molar-refractivity contribution in [1.82, 2.24) is 0 Å². The highest BCUT2D eigenvalue weighted by Gasteiger charge is 2.19. The Morgan fingerprint density at radius 1 is 0.296 bits per heavy atom. The smallest absolute Gasteiger partial charge is 0.306 e. The molecule has 0 aliphatic rings. The Kier molecular flexibility index (Phi) is 55.9. The molecular formula is C65H110O6. The standard InChI is InChI=1S/C65H110O6/c1-4-7-10-13-16-19-22-25-28-31-33-35-37-40-43-46-49-52-55-58-64(67)70-61-62(60-69-63(66)57-54-51-48-45-42-39-36-30-27-24-21-18-15-12-9-6-3)71-65(68)59-56-53-50-47-44-41-38-34-32-29-26-23-20-17-14-11-8-5-2/h7,9-10,12,16,18-19,21,25,27-28,30,34,38-39,42,62H,4-6,8,11,13-15,17,20,22-24,26,29,31-33,35-37,40-41,43-61H2,1-3H3/b10-7-,12-9-,19-16-,21-18-,28-25-,30-27-,38-34-,42-39-. The third kappa shape index (κ3) is 57.1. The number of carbonyl (C=O) groups is 3. The minimum atomic E-state index is -0.799. The highest BCUT2D eigenvalue weighted by molar-refractivity contribution is 5.71. The van der Waals surface area contributed by atoms with Gasteiger partial charge >= 0.3 is 17.9 Å². The number of hydrogen-bond donors (Lipinski definition) is 0. The number of unbranched alkanes of at least 4 members (excludes halogenated alkanes) is 26. The summed E-state index contributed by atoms with van der Waals surface area (Å²) < 4.78 is 16.9. The first-order chi connectivity index (χ1) is 35.0. The third-order valence-corrected chi connectivity index (χ3v) is 12.6. The molecule has 0 rings (SSSR count). The largest absolute Gasteiger partial charge is 0.462 e. The molecule has 0 saturated carbocycles. The molecule has 0 radical (unpaired) electrons. The molecule has 0 spiro atoms. The van der Waals surface area contributed by atoms with Crippen LogP contribution in [-0.2, 0) is 28.6 Å². The van der Waals surface area contributed by atoms with Gasteiger partial charge in [0.05, 0.1) is 0 Å². The van der Waals surface area contributed by atoms with Gasteiger partial charge in [0.25, 0.3) is 0 Å². The van der Waals surface area contributed by atoms with Gasteiger partial charge in [-0.15, -0.1) is 0 Å². The van der Waals surface area contributed by atoms with Crippen LogP contribution in [0.25, 0.3) is 0 Å². The summed E-state index contributed by atoms with van der Waals surface area (Å²) in [6, 6.07) is 0. The van der Waals surface area contributed by atoms with E-state index in [1.807, 2.05) is 0 Å². The molecular weight excluding hydrogens is 877 g/mol. The van der Waals surface area contributed by atoms with E-state index in [1.165, 1.54) is 116 Å². The normalized spacial score (nSPS) is 12.8. The second kappa shape index (κ2) is 58.9. The molecule has 0 aromatic heterocycles. The second-order valence-corrected chi connectivity index (χ2v) is 19.5. The first-order valence-electron chi connectivity index (χ1n) is 29.7. The fourth-order valence-corrected chi connectivity index (χ4v) is 8.15. The van der Waals surface area contributed by atoms with Crippen LogP contribution in [0.3, 0.4) is 0 Å². The number of esters is 3. The highest BCUT2D eigenvalue weighted by Crippen LogP contribution is 2.15. The Bertz CT molecular complexity index is 1410. The van der Waals surface area contributed by atoms with Crippen LogP contribution in [0.2, 0.25) is 0 Å². The molecule has 6 nitrogen and oxygen atoms in total. The Hall–Kier alpha value is -3.67. The molecule has 0 fully saturated rings. The molecule has 0 aliphatic carbocycles. The van der Waals surface area contributed by atoms with E-state index >= 15 is 0 Å². The van der Waals surface area contributed by atoms with Gasteiger partial charge in [-0.3, -0.25) is 14.4 Å². The molecule has 0 heterocycles. The van der Waals surface area contributed by atoms with Crippen molar-refractivity contribution >= 4 is 17.9 Å². The Morgan fingerprint density at radius 2 is 0.549 bits per heavy atom. The molecule has 6 heteroatoms. The zero-order chi connectivity index (χ0) is 51.4. The summed E-state index contributed by atoms with van der Waals surface area (Å²) in [7, 11) is 0. The lowest BCUT2D eigenvalue weighted by atomic mass is 10.1. The van der Waals surface area contributed by atoms with Crippen molar-refractivity contribution in [3.05, 3.63) is 97.2 Å². The van der Waals surface area contributed by atoms with Crippen LogP contribution in [0, 0.1) is 0 Å². The van der Waals surface area contributed by atoms with Crippen LogP contribution in [0.5, 0.6) is 0 Å². The van der Waals surface area contributed by atoms with Crippen LogP contribution in [-0.4, -0.2) is 37.2 Å². The number of allylic oxidation sites excluding steroid dienone is 16. The molecule has 0 amide bonds. The van der Waals surface area contributed by atoms with Gasteiger partial charge in [0.2, 0.25) is 0 Å². The van der Waals surface area contributed by atoms with Crippen molar-refractivity contribution in [3.8, 4) is 0 Å². The van der Waals surface area contributed by atoms with Gasteiger partial charge in [0.15, 0.2) is 6.10 Å². The maximum absolute atomic E-state index is 12.9. The van der Waals surface area contributed by atoms with Crippen molar-refractivity contribution < 1.29 is 28.6 Å². The summed E-state index contributed by atoms with van der Waals surface area (Å²) in [5.41, 5.74) is 0. The fraction of sp³-hybridized carbons (Fsp3) is 0.708. The summed E-state index contributed by atoms with van der Waals surface area (Å²) in [4.78, 5) is 38.2. The van der Waals surface area contributed by atoms with Gasteiger partial charge < -0.3 is 14.2 Å². The van der Waals surface area contributed by atoms with Gasteiger partial charge in [0, 0.05) is 19.3 Å². The topological polar surface area (TPSA) is 78.9 Å². The number of carbonyl (C=O) groups excluding carboxylic acids is 3. The Morgan fingerprint density at radius 3 is 0.887 bits per heavy atom. The lowest BCUT2D eigenvalue weighted by Crippen LogP contribution is -2.30. The maximum atomic E-state index is 12.9. The highest BCUT2D eigenvalue weighted by atomic mass is 16.6. The van der Waals surface area contributed by atoms with Gasteiger partial charge in [-0.1, -0.05) is 240 Å². The molecule has 71 heavy (non-hydrogen) atoms. The molecule has 0 bridgehead atoms. The molecule has 0 N–H and O–H groups in total. The first kappa shape index (κ1) is 67.3. The van der Waals surface area contributed by atoms with E-state index in [0.29, 0.717) is 19.3 Å². The molecule has 0 aromatic rings. The molecule has 1 unspecified atom stereocenters. The van der Waals surface area contributed by atoms with Gasteiger partial charge in [-0.05, 0) is 116 Å². The molecule has 1 atom stereocenters. The molecule has 406 valence electrons. The van der Waals surface area contributed by atoms with Crippen LogP contribution >= 0.6 is 0 Å². The molecule has 0 aliphatic heterocycles. The van der Waals surface area contributed by atoms with E-state index in [9.17, 15) is 14.4 Å². The fourth-order valence-electron chi connectivity index (χ4n) is 8.15. The summed E-state index contributed by atoms with van der Waals surface area (Å²) in [5.74, 6) is -0.934. The van der Waals surface area contributed by atoms with E-state index in [2.05, 4.69) is 118 Å². The summed E-state index contributed by atoms with van der Waals surface area (Å²) >= 11 is 0. The maximum Gasteiger partial charge on any atom is 0.306 e. The van der Waals surface area contributed by atoms with Crippen LogP contribution < -0.4 is 0 Å². The average molecular weight is 988 g/mol. The minimum absolute atomic E-state index is 0.0941. The minimum Gasteiger partial charge on any atom is -0.462 e. The van der Waals surface area contributed by atoms with E-state index < -0.39 is 6.10 Å². The summed E-state index contributed by atoms with van der Waals surface area (Å²) in [6.07, 6.45) is 78.3. The third-order valence-electron chi connectivity index (χ3n) is 12.6. The second-order valence-electron chi connectivity index (χ2n) is 19.5. The van der Waals surface area contributed by atoms with Crippen molar-refractivity contribution in [1.29, 1.82) is 0 Å². The monoisotopic (exact) mass is 987 g/mol. The van der Waals surface area contributed by atoms with E-state index in [-0.39, 0.29) is 31.1 Å². The van der Waals surface area contributed by atoms with Crippen molar-refractivity contribution in [2.45, 2.75) is 284 Å². The molecule has 0 saturated heterocycles. The van der Waals surface area contributed by atoms with Crippen molar-refractivity contribution in [3.63, 3.8) is 0 Å². The van der Waals surface area contributed by atoms with E-state index in [4.69, 9.17) is 14.2 Å². The lowest BCUT2D eigenvalue weighted by Gasteiger charge is -2.18. The summed E-state index contributed by atoms with van der Waals surface area (Å²) in [5, 5.41) is 0. The Balaban J connectivity index is 4.44. The van der Waals surface area contributed by atoms with Crippen molar-refractivity contribution in [2.24, 2.45) is 0 Å². The lowest BCUT2D eigenvalue weighted by molar-refractivity contribution is -0.167. The van der Waals surface area contributed by atoms with Gasteiger partial charge in [0.1, 0.15) is 13.2 Å². The van der Waals surface area contributed by atoms with Gasteiger partial charge in [-0.25, -0.2) is 0 Å². The predicted molar refractivity (Wildman–Crippen MR) is 307 cm³/mol. The zero-order valence-electron chi connectivity index (χ0n) is 46.5. The Labute approximate surface area is 438 Å². The number of ether oxygens (including phenoxy) is 3. The molecule has 0 aromatic carbocycles. The van der Waals surface area contributed by atoms with Crippen LogP contribution in [0.1, 0.15) is 278 Å². The SMILES string of the molecule is CC/C=C\C/C=C\C/C=C\C/C=C\CCCCCC(=O)OCC(COC(=O)CCCCCCCCCCC/C=C\C/C=C\C/C=C\CC)OC(=O)CCCCCCC/C=C\CCCCCCCCCCC. The van der Waals surface area contributed by atoms with E-state index in [1.54, 1.807) is 0 Å². The van der Waals surface area contributed by atoms with Crippen LogP contribution in [0.4, 0.5) is 0 Å². The zero-order valence-corrected chi connectivity index (χ0v) is 46.5.